The molecule has 2 amide bonds. The highest BCUT2D eigenvalue weighted by Crippen LogP contribution is 2.55. The van der Waals surface area contributed by atoms with Gasteiger partial charge < -0.3 is 15.4 Å². The first kappa shape index (κ1) is 25.4. The van der Waals surface area contributed by atoms with Crippen LogP contribution in [0.4, 0.5) is 0 Å². The van der Waals surface area contributed by atoms with Crippen molar-refractivity contribution in [2.45, 2.75) is 55.0 Å². The third kappa shape index (κ3) is 5.77. The molecule has 2 aromatic rings. The predicted octanol–water partition coefficient (Wildman–Crippen LogP) is 4.73. The van der Waals surface area contributed by atoms with E-state index in [0.717, 1.165) is 68.2 Å². The minimum absolute atomic E-state index is 0.0274. The standard InChI is InChI=1S/C29H37N3O3S2/c33-27(31-29-15-20-12-21(16-29)14-22(13-20)17-29)19-37-25-5-2-1-4-23(25)28(34)30-18-24(26-6-3-11-36-26)32-7-9-35-10-8-32/h1-6,11,20-22,24H,7-10,12-19H2,(H,30,34)(H,31,33)/t20?,21?,22?,24-,29?/m0/s1. The average Bonchev–Trinajstić information content (AvgIpc) is 3.42. The molecule has 1 aromatic heterocycles. The van der Waals surface area contributed by atoms with Crippen molar-refractivity contribution in [1.29, 1.82) is 0 Å². The highest BCUT2D eigenvalue weighted by Gasteiger charge is 2.51. The van der Waals surface area contributed by atoms with Gasteiger partial charge in [0.05, 0.1) is 30.6 Å². The van der Waals surface area contributed by atoms with Crippen LogP contribution in [0.5, 0.6) is 0 Å². The van der Waals surface area contributed by atoms with Gasteiger partial charge in [-0.3, -0.25) is 14.5 Å². The van der Waals surface area contributed by atoms with E-state index in [-0.39, 0.29) is 23.4 Å². The number of carbonyl (C=O) groups excluding carboxylic acids is 2. The molecule has 5 fully saturated rings. The number of hydrogen-bond acceptors (Lipinski definition) is 6. The molecule has 198 valence electrons. The number of benzene rings is 1. The van der Waals surface area contributed by atoms with Crippen molar-refractivity contribution in [3.63, 3.8) is 0 Å². The van der Waals surface area contributed by atoms with Crippen molar-refractivity contribution in [2.75, 3.05) is 38.6 Å². The van der Waals surface area contributed by atoms with E-state index in [9.17, 15) is 9.59 Å². The van der Waals surface area contributed by atoms with Crippen LogP contribution in [-0.4, -0.2) is 60.9 Å². The van der Waals surface area contributed by atoms with Crippen molar-refractivity contribution in [1.82, 2.24) is 15.5 Å². The van der Waals surface area contributed by atoms with Gasteiger partial charge in [-0.05, 0) is 79.9 Å². The van der Waals surface area contributed by atoms with Gasteiger partial charge in [0.15, 0.2) is 0 Å². The lowest BCUT2D eigenvalue weighted by atomic mass is 9.53. The summed E-state index contributed by atoms with van der Waals surface area (Å²) in [5.74, 6) is 2.78. The fourth-order valence-corrected chi connectivity index (χ4v) is 9.29. The summed E-state index contributed by atoms with van der Waals surface area (Å²) in [7, 11) is 0. The van der Waals surface area contributed by atoms with E-state index in [1.54, 1.807) is 11.3 Å². The lowest BCUT2D eigenvalue weighted by Crippen LogP contribution is -2.60. The van der Waals surface area contributed by atoms with Gasteiger partial charge >= 0.3 is 0 Å². The molecule has 2 N–H and O–H groups in total. The Balaban J connectivity index is 1.06. The summed E-state index contributed by atoms with van der Waals surface area (Å²) in [6.45, 7) is 3.72. The summed E-state index contributed by atoms with van der Waals surface area (Å²) in [6.07, 6.45) is 7.57. The summed E-state index contributed by atoms with van der Waals surface area (Å²) in [4.78, 5) is 30.9. The molecular formula is C29H37N3O3S2. The molecule has 7 rings (SSSR count). The monoisotopic (exact) mass is 539 g/mol. The molecule has 8 heteroatoms. The largest absolute Gasteiger partial charge is 0.379 e. The molecule has 0 unspecified atom stereocenters. The zero-order valence-corrected chi connectivity index (χ0v) is 23.0. The van der Waals surface area contributed by atoms with Crippen molar-refractivity contribution >= 4 is 34.9 Å². The zero-order valence-electron chi connectivity index (χ0n) is 21.3. The van der Waals surface area contributed by atoms with Crippen LogP contribution in [0.25, 0.3) is 0 Å². The van der Waals surface area contributed by atoms with Crippen LogP contribution in [0.2, 0.25) is 0 Å². The molecule has 4 bridgehead atoms. The van der Waals surface area contributed by atoms with Crippen LogP contribution in [-0.2, 0) is 9.53 Å². The minimum Gasteiger partial charge on any atom is -0.379 e. The second-order valence-electron chi connectivity index (χ2n) is 11.4. The van der Waals surface area contributed by atoms with Gasteiger partial charge in [-0.1, -0.05) is 18.2 Å². The molecule has 6 nitrogen and oxygen atoms in total. The quantitative estimate of drug-likeness (QED) is 0.451. The van der Waals surface area contributed by atoms with E-state index in [1.165, 1.54) is 35.9 Å². The number of nitrogens with one attached hydrogen (secondary N) is 2. The average molecular weight is 540 g/mol. The van der Waals surface area contributed by atoms with Crippen molar-refractivity contribution in [3.05, 3.63) is 52.2 Å². The van der Waals surface area contributed by atoms with E-state index < -0.39 is 0 Å². The molecule has 0 radical (unpaired) electrons. The summed E-state index contributed by atoms with van der Waals surface area (Å²) < 4.78 is 5.54. The normalized spacial score (nSPS) is 29.7. The summed E-state index contributed by atoms with van der Waals surface area (Å²) in [5.41, 5.74) is 0.668. The fraction of sp³-hybridized carbons (Fsp3) is 0.586. The number of amides is 2. The first-order valence-corrected chi connectivity index (χ1v) is 15.6. The van der Waals surface area contributed by atoms with Gasteiger partial charge in [0.2, 0.25) is 5.91 Å². The maximum Gasteiger partial charge on any atom is 0.252 e. The SMILES string of the molecule is O=C(CSc1ccccc1C(=O)NC[C@@H](c1cccs1)N1CCOCC1)NC12CC3CC(CC(C3)C1)C2. The Morgan fingerprint density at radius 3 is 2.41 bits per heavy atom. The number of morpholine rings is 1. The van der Waals surface area contributed by atoms with Crippen molar-refractivity contribution in [3.8, 4) is 0 Å². The second-order valence-corrected chi connectivity index (χ2v) is 13.4. The van der Waals surface area contributed by atoms with Gasteiger partial charge in [-0.15, -0.1) is 23.1 Å². The van der Waals surface area contributed by atoms with E-state index in [4.69, 9.17) is 4.74 Å². The Hall–Kier alpha value is -1.87. The maximum atomic E-state index is 13.3. The number of hydrogen-bond donors (Lipinski definition) is 2. The molecule has 1 aromatic carbocycles. The van der Waals surface area contributed by atoms with Gasteiger partial charge in [0.25, 0.3) is 5.91 Å². The Morgan fingerprint density at radius 1 is 1.03 bits per heavy atom. The first-order valence-electron chi connectivity index (χ1n) is 13.7. The third-order valence-corrected chi connectivity index (χ3v) is 10.8. The molecule has 4 saturated carbocycles. The minimum atomic E-state index is -0.0839. The Morgan fingerprint density at radius 2 is 1.73 bits per heavy atom. The van der Waals surface area contributed by atoms with Crippen LogP contribution >= 0.6 is 23.1 Å². The Bertz CT molecular complexity index is 1060. The van der Waals surface area contributed by atoms with Gasteiger partial charge in [-0.2, -0.15) is 0 Å². The number of carbonyl (C=O) groups is 2. The number of ether oxygens (including phenoxy) is 1. The van der Waals surface area contributed by atoms with Crippen LogP contribution in [0, 0.1) is 17.8 Å². The van der Waals surface area contributed by atoms with E-state index in [1.807, 2.05) is 24.3 Å². The Labute approximate surface area is 227 Å². The molecule has 1 saturated heterocycles. The van der Waals surface area contributed by atoms with Crippen molar-refractivity contribution in [2.24, 2.45) is 17.8 Å². The van der Waals surface area contributed by atoms with E-state index in [0.29, 0.717) is 17.9 Å². The van der Waals surface area contributed by atoms with Crippen molar-refractivity contribution < 1.29 is 14.3 Å². The van der Waals surface area contributed by atoms with E-state index in [2.05, 4.69) is 33.0 Å². The van der Waals surface area contributed by atoms with Gasteiger partial charge in [-0.25, -0.2) is 0 Å². The number of rotatable bonds is 9. The molecule has 0 spiro atoms. The molecular weight excluding hydrogens is 502 g/mol. The maximum absolute atomic E-state index is 13.3. The van der Waals surface area contributed by atoms with Crippen LogP contribution in [0.3, 0.4) is 0 Å². The third-order valence-electron chi connectivity index (χ3n) is 8.75. The lowest BCUT2D eigenvalue weighted by Gasteiger charge is -2.56. The van der Waals surface area contributed by atoms with Crippen LogP contribution < -0.4 is 10.6 Å². The molecule has 1 atom stereocenters. The molecule has 2 heterocycles. The summed E-state index contributed by atoms with van der Waals surface area (Å²) >= 11 is 3.20. The van der Waals surface area contributed by atoms with Crippen LogP contribution in [0.1, 0.15) is 59.8 Å². The number of thioether (sulfide) groups is 1. The second kappa shape index (κ2) is 11.1. The highest BCUT2D eigenvalue weighted by molar-refractivity contribution is 8.00. The zero-order chi connectivity index (χ0) is 25.2. The van der Waals surface area contributed by atoms with Gasteiger partial charge in [0, 0.05) is 34.9 Å². The topological polar surface area (TPSA) is 70.7 Å². The molecule has 1 aliphatic heterocycles. The Kier molecular flexibility index (Phi) is 7.61. The van der Waals surface area contributed by atoms with Crippen LogP contribution in [0.15, 0.2) is 46.7 Å². The lowest BCUT2D eigenvalue weighted by molar-refractivity contribution is -0.124. The number of thiophene rings is 1. The molecule has 5 aliphatic rings. The summed E-state index contributed by atoms with van der Waals surface area (Å²) in [6, 6.07) is 12.0. The number of nitrogens with zero attached hydrogens (tertiary/aromatic N) is 1. The first-order chi connectivity index (χ1) is 18.1. The highest BCUT2D eigenvalue weighted by atomic mass is 32.2. The van der Waals surface area contributed by atoms with Gasteiger partial charge in [0.1, 0.15) is 0 Å². The summed E-state index contributed by atoms with van der Waals surface area (Å²) in [5, 5.41) is 8.74. The fourth-order valence-electron chi connectivity index (χ4n) is 7.58. The van der Waals surface area contributed by atoms with E-state index >= 15 is 0 Å². The molecule has 37 heavy (non-hydrogen) atoms. The predicted molar refractivity (Wildman–Crippen MR) is 148 cm³/mol. The molecule has 4 aliphatic carbocycles. The smallest absolute Gasteiger partial charge is 0.252 e.